The van der Waals surface area contributed by atoms with Gasteiger partial charge in [-0.2, -0.15) is 5.10 Å². The van der Waals surface area contributed by atoms with Gasteiger partial charge in [0.25, 0.3) is 5.91 Å². The summed E-state index contributed by atoms with van der Waals surface area (Å²) < 4.78 is 12.9. The van der Waals surface area contributed by atoms with Crippen LogP contribution >= 0.6 is 0 Å². The molecule has 1 saturated heterocycles. The molecule has 1 atom stereocenters. The van der Waals surface area contributed by atoms with Gasteiger partial charge in [-0.05, 0) is 19.9 Å². The van der Waals surface area contributed by atoms with Crippen LogP contribution in [0.3, 0.4) is 0 Å². The summed E-state index contributed by atoms with van der Waals surface area (Å²) in [6.07, 6.45) is 5.20. The molecular formula is C15H19N3O3. The Kier molecular flexibility index (Phi) is 3.79. The maximum atomic E-state index is 12.5. The molecule has 0 radical (unpaired) electrons. The van der Waals surface area contributed by atoms with Gasteiger partial charge in [-0.3, -0.25) is 9.48 Å². The SMILES string of the molecule is CCn1cc(C2CN(C(=O)c3occc3C)CCO2)cn1. The first-order valence-corrected chi connectivity index (χ1v) is 7.16. The lowest BCUT2D eigenvalue weighted by Crippen LogP contribution is -2.42. The van der Waals surface area contributed by atoms with Gasteiger partial charge in [-0.1, -0.05) is 0 Å². The Morgan fingerprint density at radius 1 is 1.52 bits per heavy atom. The predicted octanol–water partition coefficient (Wildman–Crippen LogP) is 2.02. The minimum atomic E-state index is -0.127. The summed E-state index contributed by atoms with van der Waals surface area (Å²) in [6.45, 7) is 6.36. The molecule has 6 heteroatoms. The number of rotatable bonds is 3. The molecule has 0 aliphatic carbocycles. The highest BCUT2D eigenvalue weighted by Crippen LogP contribution is 2.23. The molecule has 112 valence electrons. The van der Waals surface area contributed by atoms with Gasteiger partial charge in [-0.25, -0.2) is 0 Å². The number of hydrogen-bond acceptors (Lipinski definition) is 4. The monoisotopic (exact) mass is 289 g/mol. The summed E-state index contributed by atoms with van der Waals surface area (Å²) in [7, 11) is 0. The Labute approximate surface area is 123 Å². The van der Waals surface area contributed by atoms with E-state index in [-0.39, 0.29) is 12.0 Å². The fourth-order valence-corrected chi connectivity index (χ4v) is 2.49. The Morgan fingerprint density at radius 2 is 2.38 bits per heavy atom. The average Bonchev–Trinajstić information content (AvgIpc) is 3.15. The summed E-state index contributed by atoms with van der Waals surface area (Å²) in [5.41, 5.74) is 1.87. The van der Waals surface area contributed by atoms with Crippen molar-refractivity contribution >= 4 is 5.91 Å². The summed E-state index contributed by atoms with van der Waals surface area (Å²) in [6, 6.07) is 1.80. The number of carbonyl (C=O) groups excluding carboxylic acids is 1. The molecule has 1 amide bonds. The van der Waals surface area contributed by atoms with E-state index in [1.54, 1.807) is 23.4 Å². The number of carbonyl (C=O) groups is 1. The summed E-state index contributed by atoms with van der Waals surface area (Å²) in [5, 5.41) is 4.26. The summed E-state index contributed by atoms with van der Waals surface area (Å²) in [5.74, 6) is 0.341. The second-order valence-corrected chi connectivity index (χ2v) is 5.17. The van der Waals surface area contributed by atoms with E-state index < -0.39 is 0 Å². The second kappa shape index (κ2) is 5.73. The van der Waals surface area contributed by atoms with Crippen molar-refractivity contribution in [2.24, 2.45) is 0 Å². The van der Waals surface area contributed by atoms with Gasteiger partial charge in [0.1, 0.15) is 6.10 Å². The standard InChI is InChI=1S/C15H19N3O3/c1-3-18-9-12(8-16-18)13-10-17(5-7-20-13)15(19)14-11(2)4-6-21-14/h4,6,8-9,13H,3,5,7,10H2,1-2H3. The first-order chi connectivity index (χ1) is 10.2. The number of morpholine rings is 1. The van der Waals surface area contributed by atoms with E-state index in [2.05, 4.69) is 5.10 Å². The second-order valence-electron chi connectivity index (χ2n) is 5.17. The van der Waals surface area contributed by atoms with Crippen molar-refractivity contribution in [2.75, 3.05) is 19.7 Å². The van der Waals surface area contributed by atoms with E-state index in [9.17, 15) is 4.79 Å². The third-order valence-electron chi connectivity index (χ3n) is 3.76. The number of ether oxygens (including phenoxy) is 1. The molecule has 0 N–H and O–H groups in total. The molecule has 1 fully saturated rings. The van der Waals surface area contributed by atoms with Crippen LogP contribution < -0.4 is 0 Å². The smallest absolute Gasteiger partial charge is 0.290 e. The van der Waals surface area contributed by atoms with Crippen LogP contribution in [0.1, 0.15) is 34.7 Å². The van der Waals surface area contributed by atoms with Gasteiger partial charge in [0.2, 0.25) is 0 Å². The Morgan fingerprint density at radius 3 is 3.05 bits per heavy atom. The molecule has 0 aromatic carbocycles. The molecule has 1 aliphatic rings. The molecular weight excluding hydrogens is 270 g/mol. The van der Waals surface area contributed by atoms with Crippen LogP contribution in [0.5, 0.6) is 0 Å². The van der Waals surface area contributed by atoms with Crippen molar-refractivity contribution in [1.29, 1.82) is 0 Å². The lowest BCUT2D eigenvalue weighted by Gasteiger charge is -2.32. The lowest BCUT2D eigenvalue weighted by molar-refractivity contribution is -0.0238. The van der Waals surface area contributed by atoms with Crippen LogP contribution in [-0.2, 0) is 11.3 Å². The minimum absolute atomic E-state index is 0.0753. The molecule has 0 saturated carbocycles. The van der Waals surface area contributed by atoms with Gasteiger partial charge in [0, 0.05) is 30.4 Å². The van der Waals surface area contributed by atoms with E-state index in [1.165, 1.54) is 0 Å². The van der Waals surface area contributed by atoms with Crippen molar-refractivity contribution in [3.8, 4) is 0 Å². The fourth-order valence-electron chi connectivity index (χ4n) is 2.49. The summed E-state index contributed by atoms with van der Waals surface area (Å²) >= 11 is 0. The van der Waals surface area contributed by atoms with Gasteiger partial charge >= 0.3 is 0 Å². The maximum Gasteiger partial charge on any atom is 0.290 e. The van der Waals surface area contributed by atoms with E-state index in [4.69, 9.17) is 9.15 Å². The van der Waals surface area contributed by atoms with Gasteiger partial charge in [-0.15, -0.1) is 0 Å². The van der Waals surface area contributed by atoms with Crippen LogP contribution in [0.15, 0.2) is 29.1 Å². The molecule has 2 aromatic heterocycles. The van der Waals surface area contributed by atoms with E-state index in [1.807, 2.05) is 24.7 Å². The van der Waals surface area contributed by atoms with Crippen molar-refractivity contribution in [1.82, 2.24) is 14.7 Å². The molecule has 0 spiro atoms. The van der Waals surface area contributed by atoms with Crippen molar-refractivity contribution in [3.63, 3.8) is 0 Å². The quantitative estimate of drug-likeness (QED) is 0.867. The number of aromatic nitrogens is 2. The highest BCUT2D eigenvalue weighted by Gasteiger charge is 2.28. The normalized spacial score (nSPS) is 19.0. The molecule has 0 bridgehead atoms. The number of aryl methyl sites for hydroxylation is 2. The third-order valence-corrected chi connectivity index (χ3v) is 3.76. The average molecular weight is 289 g/mol. The van der Waals surface area contributed by atoms with Crippen molar-refractivity contribution in [2.45, 2.75) is 26.5 Å². The van der Waals surface area contributed by atoms with E-state index in [0.29, 0.717) is 25.5 Å². The Bertz CT molecular complexity index is 632. The largest absolute Gasteiger partial charge is 0.459 e. The van der Waals surface area contributed by atoms with E-state index in [0.717, 1.165) is 17.7 Å². The zero-order valence-electron chi connectivity index (χ0n) is 12.3. The van der Waals surface area contributed by atoms with Gasteiger partial charge in [0.15, 0.2) is 5.76 Å². The Balaban J connectivity index is 1.74. The first-order valence-electron chi connectivity index (χ1n) is 7.16. The van der Waals surface area contributed by atoms with Gasteiger partial charge in [0.05, 0.1) is 25.6 Å². The predicted molar refractivity (Wildman–Crippen MR) is 75.9 cm³/mol. The zero-order chi connectivity index (χ0) is 14.8. The maximum absolute atomic E-state index is 12.5. The van der Waals surface area contributed by atoms with Crippen LogP contribution in [0, 0.1) is 6.92 Å². The number of amides is 1. The minimum Gasteiger partial charge on any atom is -0.459 e. The highest BCUT2D eigenvalue weighted by molar-refractivity contribution is 5.92. The van der Waals surface area contributed by atoms with Crippen LogP contribution in [0.4, 0.5) is 0 Å². The molecule has 3 rings (SSSR count). The van der Waals surface area contributed by atoms with Crippen LogP contribution in [0.2, 0.25) is 0 Å². The Hall–Kier alpha value is -2.08. The molecule has 1 unspecified atom stereocenters. The van der Waals surface area contributed by atoms with Crippen molar-refractivity contribution < 1.29 is 13.9 Å². The first kappa shape index (κ1) is 13.9. The van der Waals surface area contributed by atoms with E-state index >= 15 is 0 Å². The number of nitrogens with zero attached hydrogens (tertiary/aromatic N) is 3. The molecule has 1 aliphatic heterocycles. The lowest BCUT2D eigenvalue weighted by atomic mass is 10.1. The molecule has 21 heavy (non-hydrogen) atoms. The molecule has 3 heterocycles. The van der Waals surface area contributed by atoms with Crippen molar-refractivity contribution in [3.05, 3.63) is 41.6 Å². The topological polar surface area (TPSA) is 60.5 Å². The van der Waals surface area contributed by atoms with Gasteiger partial charge < -0.3 is 14.1 Å². The number of furan rings is 1. The number of hydrogen-bond donors (Lipinski definition) is 0. The van der Waals surface area contributed by atoms with Crippen LogP contribution in [-0.4, -0.2) is 40.3 Å². The zero-order valence-corrected chi connectivity index (χ0v) is 12.3. The highest BCUT2D eigenvalue weighted by atomic mass is 16.5. The molecule has 6 nitrogen and oxygen atoms in total. The third kappa shape index (κ3) is 2.71. The summed E-state index contributed by atoms with van der Waals surface area (Å²) in [4.78, 5) is 14.3. The fraction of sp³-hybridized carbons (Fsp3) is 0.467. The van der Waals surface area contributed by atoms with Crippen LogP contribution in [0.25, 0.3) is 0 Å². The molecule has 2 aromatic rings.